The maximum absolute atomic E-state index is 8.83. The molecular weight excluding hydrogens is 262 g/mol. The number of hydrogen-bond acceptors (Lipinski definition) is 4. The topological polar surface area (TPSA) is 48.3 Å². The second-order valence-corrected chi connectivity index (χ2v) is 6.11. The highest BCUT2D eigenvalue weighted by Crippen LogP contribution is 2.22. The normalized spacial score (nSPS) is 27.0. The molecule has 1 aromatic carbocycles. The predicted molar refractivity (Wildman–Crippen MR) is 81.9 cm³/mol. The highest BCUT2D eigenvalue weighted by Gasteiger charge is 2.32. The molecule has 21 heavy (non-hydrogen) atoms. The minimum Gasteiger partial charge on any atom is -0.374 e. The molecule has 0 spiro atoms. The van der Waals surface area contributed by atoms with Crippen molar-refractivity contribution in [3.05, 3.63) is 35.4 Å². The van der Waals surface area contributed by atoms with Crippen LogP contribution in [0.2, 0.25) is 0 Å². The standard InChI is InChI=1S/C17H23N3O/c1-13(15-6-4-14(9-18)5-7-15)19-10-17-11-20-8-2-3-16(20)12-21-17/h4-7,13,16-17,19H,2-3,8,10-12H2,1H3. The molecule has 112 valence electrons. The number of rotatable bonds is 4. The number of nitrogens with one attached hydrogen (secondary N) is 1. The summed E-state index contributed by atoms with van der Waals surface area (Å²) >= 11 is 0. The van der Waals surface area contributed by atoms with Crippen molar-refractivity contribution in [2.24, 2.45) is 0 Å². The summed E-state index contributed by atoms with van der Waals surface area (Å²) in [5.41, 5.74) is 1.92. The van der Waals surface area contributed by atoms with E-state index in [1.54, 1.807) is 0 Å². The van der Waals surface area contributed by atoms with E-state index in [9.17, 15) is 0 Å². The summed E-state index contributed by atoms with van der Waals surface area (Å²) in [6.45, 7) is 6.21. The molecule has 0 bridgehead atoms. The minimum atomic E-state index is 0.276. The van der Waals surface area contributed by atoms with Gasteiger partial charge in [0.2, 0.25) is 0 Å². The van der Waals surface area contributed by atoms with E-state index in [1.165, 1.54) is 24.9 Å². The first-order valence-electron chi connectivity index (χ1n) is 7.85. The van der Waals surface area contributed by atoms with E-state index in [0.717, 1.165) is 19.7 Å². The lowest BCUT2D eigenvalue weighted by atomic mass is 10.1. The number of morpholine rings is 1. The van der Waals surface area contributed by atoms with E-state index >= 15 is 0 Å². The summed E-state index contributed by atoms with van der Waals surface area (Å²) in [6.07, 6.45) is 2.90. The zero-order valence-electron chi connectivity index (χ0n) is 12.6. The monoisotopic (exact) mass is 285 g/mol. The Morgan fingerprint density at radius 2 is 2.24 bits per heavy atom. The molecule has 3 unspecified atom stereocenters. The van der Waals surface area contributed by atoms with Gasteiger partial charge in [-0.1, -0.05) is 12.1 Å². The molecule has 2 aliphatic rings. The molecule has 0 saturated carbocycles. The lowest BCUT2D eigenvalue weighted by molar-refractivity contribution is -0.0477. The largest absolute Gasteiger partial charge is 0.374 e. The predicted octanol–water partition coefficient (Wildman–Crippen LogP) is 2.07. The van der Waals surface area contributed by atoms with Gasteiger partial charge in [-0.25, -0.2) is 0 Å². The zero-order valence-corrected chi connectivity index (χ0v) is 12.6. The van der Waals surface area contributed by atoms with Crippen molar-refractivity contribution in [3.8, 4) is 6.07 Å². The Balaban J connectivity index is 1.49. The molecule has 0 amide bonds. The first-order chi connectivity index (χ1) is 10.3. The highest BCUT2D eigenvalue weighted by molar-refractivity contribution is 5.32. The Labute approximate surface area is 126 Å². The Morgan fingerprint density at radius 3 is 3.00 bits per heavy atom. The van der Waals surface area contributed by atoms with Gasteiger partial charge in [0, 0.05) is 25.2 Å². The van der Waals surface area contributed by atoms with Crippen molar-refractivity contribution in [3.63, 3.8) is 0 Å². The lowest BCUT2D eigenvalue weighted by Gasteiger charge is -2.35. The molecule has 2 heterocycles. The summed E-state index contributed by atoms with van der Waals surface area (Å²) in [6, 6.07) is 10.9. The maximum Gasteiger partial charge on any atom is 0.0991 e. The number of ether oxygens (including phenoxy) is 1. The van der Waals surface area contributed by atoms with Gasteiger partial charge < -0.3 is 10.1 Å². The smallest absolute Gasteiger partial charge is 0.0991 e. The second kappa shape index (κ2) is 6.57. The van der Waals surface area contributed by atoms with Gasteiger partial charge in [0.1, 0.15) is 0 Å². The van der Waals surface area contributed by atoms with Crippen LogP contribution in [0, 0.1) is 11.3 Å². The van der Waals surface area contributed by atoms with Crippen LogP contribution < -0.4 is 5.32 Å². The third-order valence-electron chi connectivity index (χ3n) is 4.65. The summed E-state index contributed by atoms with van der Waals surface area (Å²) in [4.78, 5) is 2.57. The fourth-order valence-corrected chi connectivity index (χ4v) is 3.28. The van der Waals surface area contributed by atoms with Crippen LogP contribution in [-0.2, 0) is 4.74 Å². The molecule has 2 fully saturated rings. The van der Waals surface area contributed by atoms with Gasteiger partial charge in [-0.2, -0.15) is 5.26 Å². The van der Waals surface area contributed by atoms with E-state index in [1.807, 2.05) is 24.3 Å². The van der Waals surface area contributed by atoms with Crippen LogP contribution in [-0.4, -0.2) is 43.3 Å². The van der Waals surface area contributed by atoms with Gasteiger partial charge in [0.05, 0.1) is 24.3 Å². The molecule has 2 aliphatic heterocycles. The molecule has 0 aliphatic carbocycles. The number of fused-ring (bicyclic) bond motifs is 1. The zero-order chi connectivity index (χ0) is 14.7. The third kappa shape index (κ3) is 3.44. The van der Waals surface area contributed by atoms with E-state index in [0.29, 0.717) is 17.7 Å². The molecule has 0 radical (unpaired) electrons. The minimum absolute atomic E-state index is 0.276. The molecule has 1 aromatic rings. The molecule has 3 atom stereocenters. The van der Waals surface area contributed by atoms with Crippen LogP contribution in [0.1, 0.15) is 36.9 Å². The second-order valence-electron chi connectivity index (χ2n) is 6.11. The lowest BCUT2D eigenvalue weighted by Crippen LogP contribution is -2.49. The van der Waals surface area contributed by atoms with Gasteiger partial charge in [-0.15, -0.1) is 0 Å². The molecular formula is C17H23N3O. The summed E-state index contributed by atoms with van der Waals surface area (Å²) in [5, 5.41) is 12.4. The fraction of sp³-hybridized carbons (Fsp3) is 0.588. The fourth-order valence-electron chi connectivity index (χ4n) is 3.28. The van der Waals surface area contributed by atoms with E-state index < -0.39 is 0 Å². The first-order valence-corrected chi connectivity index (χ1v) is 7.85. The van der Waals surface area contributed by atoms with Crippen LogP contribution in [0.3, 0.4) is 0 Å². The van der Waals surface area contributed by atoms with Crippen molar-refractivity contribution in [1.29, 1.82) is 5.26 Å². The highest BCUT2D eigenvalue weighted by atomic mass is 16.5. The van der Waals surface area contributed by atoms with Crippen LogP contribution >= 0.6 is 0 Å². The number of hydrogen-bond donors (Lipinski definition) is 1. The Hall–Kier alpha value is -1.41. The van der Waals surface area contributed by atoms with Crippen molar-refractivity contribution >= 4 is 0 Å². The van der Waals surface area contributed by atoms with Crippen molar-refractivity contribution in [2.75, 3.05) is 26.2 Å². The molecule has 2 saturated heterocycles. The van der Waals surface area contributed by atoms with E-state index in [-0.39, 0.29) is 6.04 Å². The van der Waals surface area contributed by atoms with Crippen LogP contribution in [0.5, 0.6) is 0 Å². The van der Waals surface area contributed by atoms with Crippen LogP contribution in [0.25, 0.3) is 0 Å². The van der Waals surface area contributed by atoms with E-state index in [4.69, 9.17) is 10.00 Å². The quantitative estimate of drug-likeness (QED) is 0.920. The van der Waals surface area contributed by atoms with Crippen LogP contribution in [0.4, 0.5) is 0 Å². The number of nitrogens with zero attached hydrogens (tertiary/aromatic N) is 2. The molecule has 4 nitrogen and oxygen atoms in total. The molecule has 0 aromatic heterocycles. The third-order valence-corrected chi connectivity index (χ3v) is 4.65. The Kier molecular flexibility index (Phi) is 4.54. The van der Waals surface area contributed by atoms with E-state index in [2.05, 4.69) is 23.2 Å². The number of benzene rings is 1. The van der Waals surface area contributed by atoms with Gasteiger partial charge in [-0.05, 0) is 44.0 Å². The Bertz CT molecular complexity index is 508. The summed E-state index contributed by atoms with van der Waals surface area (Å²) < 4.78 is 5.97. The average molecular weight is 285 g/mol. The summed E-state index contributed by atoms with van der Waals surface area (Å²) in [5.74, 6) is 0. The maximum atomic E-state index is 8.83. The van der Waals surface area contributed by atoms with Crippen molar-refractivity contribution < 1.29 is 4.74 Å². The van der Waals surface area contributed by atoms with Crippen LogP contribution in [0.15, 0.2) is 24.3 Å². The van der Waals surface area contributed by atoms with Gasteiger partial charge >= 0.3 is 0 Å². The number of nitriles is 1. The Morgan fingerprint density at radius 1 is 1.43 bits per heavy atom. The van der Waals surface area contributed by atoms with Crippen molar-refractivity contribution in [1.82, 2.24) is 10.2 Å². The average Bonchev–Trinajstić information content (AvgIpc) is 3.00. The van der Waals surface area contributed by atoms with Gasteiger partial charge in [0.15, 0.2) is 0 Å². The molecule has 1 N–H and O–H groups in total. The first kappa shape index (κ1) is 14.5. The molecule has 3 rings (SSSR count). The molecule has 4 heteroatoms. The summed E-state index contributed by atoms with van der Waals surface area (Å²) in [7, 11) is 0. The van der Waals surface area contributed by atoms with Crippen molar-refractivity contribution in [2.45, 2.75) is 38.0 Å². The van der Waals surface area contributed by atoms with Gasteiger partial charge in [0.25, 0.3) is 0 Å². The SMILES string of the molecule is CC(NCC1CN2CCCC2CO1)c1ccc(C#N)cc1. The van der Waals surface area contributed by atoms with Gasteiger partial charge in [-0.3, -0.25) is 4.90 Å².